The number of hydrogen-bond donors (Lipinski definition) is 1. The van der Waals surface area contributed by atoms with Crippen LogP contribution >= 0.6 is 11.3 Å². The maximum Gasteiger partial charge on any atom is 0.311 e. The maximum absolute atomic E-state index is 12.8. The lowest BCUT2D eigenvalue weighted by Crippen LogP contribution is -2.48. The molecule has 8 heteroatoms. The molecule has 0 bridgehead atoms. The van der Waals surface area contributed by atoms with Crippen molar-refractivity contribution >= 4 is 23.2 Å². The first-order valence-corrected chi connectivity index (χ1v) is 9.16. The summed E-state index contributed by atoms with van der Waals surface area (Å²) in [5.41, 5.74) is -0.0361. The van der Waals surface area contributed by atoms with Crippen LogP contribution in [0.3, 0.4) is 0 Å². The average molecular weight is 374 g/mol. The second-order valence-electron chi connectivity index (χ2n) is 6.79. The Morgan fingerprint density at radius 3 is 2.92 bits per heavy atom. The average Bonchev–Trinajstić information content (AvgIpc) is 3.29. The standard InChI is InChI=1S/C18H18N2O5S/c1-18(17(22)23)5-2-6-20(9-18)16(21)14-8-19-15(26-14)11-3-4-12-13(7-11)25-10-24-12/h3-4,7-8H,2,5-6,9-10H2,1H3,(H,22,23). The molecule has 1 saturated heterocycles. The van der Waals surface area contributed by atoms with Crippen LogP contribution in [0.15, 0.2) is 24.4 Å². The highest BCUT2D eigenvalue weighted by Crippen LogP contribution is 2.37. The molecular weight excluding hydrogens is 356 g/mol. The van der Waals surface area contributed by atoms with E-state index in [4.69, 9.17) is 9.47 Å². The Morgan fingerprint density at radius 1 is 1.31 bits per heavy atom. The third-order valence-corrected chi connectivity index (χ3v) is 5.87. The smallest absolute Gasteiger partial charge is 0.311 e. The molecule has 136 valence electrons. The number of carbonyl (C=O) groups is 2. The van der Waals surface area contributed by atoms with E-state index in [0.29, 0.717) is 40.8 Å². The van der Waals surface area contributed by atoms with E-state index in [1.807, 2.05) is 18.2 Å². The van der Waals surface area contributed by atoms with E-state index in [1.165, 1.54) is 11.3 Å². The number of fused-ring (bicyclic) bond motifs is 1. The molecule has 1 fully saturated rings. The van der Waals surface area contributed by atoms with Crippen molar-refractivity contribution in [2.24, 2.45) is 5.41 Å². The number of carboxylic acid groups (broad SMARTS) is 1. The minimum absolute atomic E-state index is 0.165. The summed E-state index contributed by atoms with van der Waals surface area (Å²) in [6.45, 7) is 2.69. The van der Waals surface area contributed by atoms with Gasteiger partial charge >= 0.3 is 5.97 Å². The van der Waals surface area contributed by atoms with Gasteiger partial charge in [-0.2, -0.15) is 0 Å². The number of nitrogens with zero attached hydrogens (tertiary/aromatic N) is 2. The second-order valence-corrected chi connectivity index (χ2v) is 7.82. The van der Waals surface area contributed by atoms with Crippen molar-refractivity contribution in [3.05, 3.63) is 29.3 Å². The zero-order valence-corrected chi connectivity index (χ0v) is 15.0. The van der Waals surface area contributed by atoms with E-state index in [0.717, 1.165) is 5.56 Å². The first kappa shape index (κ1) is 16.8. The molecule has 1 aromatic heterocycles. The van der Waals surface area contributed by atoms with Crippen LogP contribution in [-0.4, -0.2) is 46.7 Å². The summed E-state index contributed by atoms with van der Waals surface area (Å²) in [5, 5.41) is 10.1. The Bertz CT molecular complexity index is 880. The van der Waals surface area contributed by atoms with Crippen LogP contribution in [0.2, 0.25) is 0 Å². The first-order valence-electron chi connectivity index (χ1n) is 8.35. The highest BCUT2D eigenvalue weighted by molar-refractivity contribution is 7.16. The van der Waals surface area contributed by atoms with Gasteiger partial charge in [-0.05, 0) is 38.0 Å². The zero-order valence-electron chi connectivity index (χ0n) is 14.2. The summed E-state index contributed by atoms with van der Waals surface area (Å²) in [7, 11) is 0. The van der Waals surface area contributed by atoms with Crippen molar-refractivity contribution in [2.45, 2.75) is 19.8 Å². The number of ether oxygens (including phenoxy) is 2. The Labute approximate surface area is 154 Å². The quantitative estimate of drug-likeness (QED) is 0.889. The first-order chi connectivity index (χ1) is 12.5. The summed E-state index contributed by atoms with van der Waals surface area (Å²) in [5.74, 6) is 0.337. The van der Waals surface area contributed by atoms with Crippen molar-refractivity contribution < 1.29 is 24.2 Å². The molecule has 0 aliphatic carbocycles. The molecule has 7 nitrogen and oxygen atoms in total. The summed E-state index contributed by atoms with van der Waals surface area (Å²) in [6, 6.07) is 5.55. The number of thiazole rings is 1. The lowest BCUT2D eigenvalue weighted by Gasteiger charge is -2.37. The molecule has 0 saturated carbocycles. The van der Waals surface area contributed by atoms with E-state index in [1.54, 1.807) is 18.0 Å². The molecule has 2 aliphatic rings. The molecule has 0 radical (unpaired) electrons. The summed E-state index contributed by atoms with van der Waals surface area (Å²) in [6.07, 6.45) is 2.82. The molecule has 2 aromatic rings. The van der Waals surface area contributed by atoms with Crippen LogP contribution < -0.4 is 9.47 Å². The van der Waals surface area contributed by atoms with Gasteiger partial charge in [-0.3, -0.25) is 9.59 Å². The second kappa shape index (κ2) is 6.28. The molecule has 4 rings (SSSR count). The lowest BCUT2D eigenvalue weighted by atomic mass is 9.82. The van der Waals surface area contributed by atoms with Gasteiger partial charge in [-0.1, -0.05) is 0 Å². The number of aliphatic carboxylic acids is 1. The van der Waals surface area contributed by atoms with Gasteiger partial charge < -0.3 is 19.5 Å². The monoisotopic (exact) mass is 374 g/mol. The lowest BCUT2D eigenvalue weighted by molar-refractivity contribution is -0.150. The number of likely N-dealkylation sites (tertiary alicyclic amines) is 1. The van der Waals surface area contributed by atoms with Gasteiger partial charge in [-0.15, -0.1) is 11.3 Å². The third kappa shape index (κ3) is 2.90. The fourth-order valence-electron chi connectivity index (χ4n) is 3.28. The van der Waals surface area contributed by atoms with Gasteiger partial charge in [0.1, 0.15) is 9.88 Å². The maximum atomic E-state index is 12.8. The van der Waals surface area contributed by atoms with Gasteiger partial charge in [-0.25, -0.2) is 4.98 Å². The zero-order chi connectivity index (χ0) is 18.3. The number of benzene rings is 1. The highest BCUT2D eigenvalue weighted by atomic mass is 32.1. The van der Waals surface area contributed by atoms with E-state index in [-0.39, 0.29) is 19.2 Å². The Morgan fingerprint density at radius 2 is 2.12 bits per heavy atom. The van der Waals surface area contributed by atoms with Crippen LogP contribution in [0.5, 0.6) is 11.5 Å². The fraction of sp³-hybridized carbons (Fsp3) is 0.389. The number of aromatic nitrogens is 1. The summed E-state index contributed by atoms with van der Waals surface area (Å²) >= 11 is 1.30. The van der Waals surface area contributed by atoms with E-state index in [2.05, 4.69) is 4.98 Å². The molecule has 1 aromatic carbocycles. The summed E-state index contributed by atoms with van der Waals surface area (Å²) < 4.78 is 10.7. The van der Waals surface area contributed by atoms with Crippen LogP contribution in [0, 0.1) is 5.41 Å². The topological polar surface area (TPSA) is 89.0 Å². The molecule has 2 aliphatic heterocycles. The largest absolute Gasteiger partial charge is 0.481 e. The van der Waals surface area contributed by atoms with Crippen molar-refractivity contribution in [1.29, 1.82) is 0 Å². The van der Waals surface area contributed by atoms with E-state index >= 15 is 0 Å². The van der Waals surface area contributed by atoms with Crippen LogP contribution in [0.4, 0.5) is 0 Å². The van der Waals surface area contributed by atoms with Crippen molar-refractivity contribution in [3.8, 4) is 22.1 Å². The van der Waals surface area contributed by atoms with Gasteiger partial charge in [0.25, 0.3) is 5.91 Å². The van der Waals surface area contributed by atoms with Gasteiger partial charge in [0.15, 0.2) is 11.5 Å². The normalized spacial score (nSPS) is 21.7. The van der Waals surface area contributed by atoms with E-state index < -0.39 is 11.4 Å². The van der Waals surface area contributed by atoms with Crippen molar-refractivity contribution in [2.75, 3.05) is 19.9 Å². The number of piperidine rings is 1. The Kier molecular flexibility index (Phi) is 4.07. The SMILES string of the molecule is CC1(C(=O)O)CCCN(C(=O)c2cnc(-c3ccc4c(c3)OCO4)s2)C1. The minimum Gasteiger partial charge on any atom is -0.481 e. The van der Waals surface area contributed by atoms with Crippen LogP contribution in [-0.2, 0) is 4.79 Å². The highest BCUT2D eigenvalue weighted by Gasteiger charge is 2.39. The van der Waals surface area contributed by atoms with Crippen LogP contribution in [0.25, 0.3) is 10.6 Å². The van der Waals surface area contributed by atoms with Crippen LogP contribution in [0.1, 0.15) is 29.4 Å². The summed E-state index contributed by atoms with van der Waals surface area (Å²) in [4.78, 5) is 30.8. The molecule has 1 unspecified atom stereocenters. The predicted molar refractivity (Wildman–Crippen MR) is 94.6 cm³/mol. The molecule has 1 atom stereocenters. The number of carboxylic acids is 1. The molecule has 26 heavy (non-hydrogen) atoms. The molecule has 0 spiro atoms. The Hall–Kier alpha value is -2.61. The number of rotatable bonds is 3. The molecule has 1 N–H and O–H groups in total. The minimum atomic E-state index is -0.890. The molecule has 3 heterocycles. The number of hydrogen-bond acceptors (Lipinski definition) is 6. The Balaban J connectivity index is 1.54. The van der Waals surface area contributed by atoms with Gasteiger partial charge in [0.05, 0.1) is 11.6 Å². The number of amides is 1. The van der Waals surface area contributed by atoms with Gasteiger partial charge in [0, 0.05) is 18.7 Å². The van der Waals surface area contributed by atoms with E-state index in [9.17, 15) is 14.7 Å². The third-order valence-electron chi connectivity index (χ3n) is 4.84. The molecular formula is C18H18N2O5S. The predicted octanol–water partition coefficient (Wildman–Crippen LogP) is 2.87. The van der Waals surface area contributed by atoms with Crippen molar-refractivity contribution in [1.82, 2.24) is 9.88 Å². The molecule has 1 amide bonds. The number of carbonyl (C=O) groups excluding carboxylic acids is 1. The fourth-order valence-corrected chi connectivity index (χ4v) is 4.16. The van der Waals surface area contributed by atoms with Crippen molar-refractivity contribution in [3.63, 3.8) is 0 Å². The van der Waals surface area contributed by atoms with Gasteiger partial charge in [0.2, 0.25) is 6.79 Å².